The highest BCUT2D eigenvalue weighted by atomic mass is 31.2. The molecule has 0 radical (unpaired) electrons. The van der Waals surface area contributed by atoms with Crippen molar-refractivity contribution in [2.75, 3.05) is 13.2 Å². The summed E-state index contributed by atoms with van der Waals surface area (Å²) in [6.07, 6.45) is 5.84. The summed E-state index contributed by atoms with van der Waals surface area (Å²) in [5.41, 5.74) is 6.12. The first-order valence-corrected chi connectivity index (χ1v) is 20.1. The summed E-state index contributed by atoms with van der Waals surface area (Å²) >= 11 is 0. The Bertz CT molecular complexity index is 1830. The lowest BCUT2D eigenvalue weighted by Gasteiger charge is -2.30. The van der Waals surface area contributed by atoms with Gasteiger partial charge in [0.1, 0.15) is 11.5 Å². The van der Waals surface area contributed by atoms with E-state index >= 15 is 0 Å². The highest BCUT2D eigenvalue weighted by molar-refractivity contribution is 7.63. The topological polar surface area (TPSA) is 71.1 Å². The molecule has 4 aromatic rings. The van der Waals surface area contributed by atoms with E-state index in [2.05, 4.69) is 26.0 Å². The number of allylic oxidation sites excluding steroid dienone is 2. The molecule has 0 bridgehead atoms. The average molecular weight is 685 g/mol. The minimum absolute atomic E-state index is 0.345. The van der Waals surface area contributed by atoms with E-state index < -0.39 is 15.2 Å². The van der Waals surface area contributed by atoms with Gasteiger partial charge >= 0.3 is 15.2 Å². The molecule has 0 spiro atoms. The SMILES string of the molecule is CCCCC1=C(c2ccccc2)OP(=O)(OCC)c2ccccc21.CCCCC1=C(c2ccccc2)c2ccccc2P(=O)(OCC)O1. The van der Waals surface area contributed by atoms with Gasteiger partial charge in [0.25, 0.3) is 0 Å². The molecule has 0 aromatic heterocycles. The van der Waals surface area contributed by atoms with E-state index in [0.29, 0.717) is 29.6 Å². The zero-order valence-corrected chi connectivity index (χ0v) is 30.2. The van der Waals surface area contributed by atoms with E-state index in [0.717, 1.165) is 77.7 Å². The third-order valence-electron chi connectivity index (χ3n) is 8.22. The van der Waals surface area contributed by atoms with Gasteiger partial charge in [0.05, 0.1) is 23.8 Å². The molecular formula is C40H46O6P2. The lowest BCUT2D eigenvalue weighted by Crippen LogP contribution is -2.21. The summed E-state index contributed by atoms with van der Waals surface area (Å²) in [4.78, 5) is 0. The number of hydrogen-bond acceptors (Lipinski definition) is 6. The Morgan fingerprint density at radius 2 is 1.02 bits per heavy atom. The smallest absolute Gasteiger partial charge is 0.411 e. The maximum absolute atomic E-state index is 13.4. The van der Waals surface area contributed by atoms with Crippen molar-refractivity contribution in [3.8, 4) is 0 Å². The summed E-state index contributed by atoms with van der Waals surface area (Å²) < 4.78 is 50.0. The Morgan fingerprint density at radius 1 is 0.542 bits per heavy atom. The second-order valence-corrected chi connectivity index (χ2v) is 15.4. The number of hydrogen-bond donors (Lipinski definition) is 0. The molecule has 252 valence electrons. The van der Waals surface area contributed by atoms with Crippen molar-refractivity contribution in [3.05, 3.63) is 137 Å². The van der Waals surface area contributed by atoms with Crippen LogP contribution < -0.4 is 10.6 Å². The molecule has 2 aliphatic rings. The van der Waals surface area contributed by atoms with Crippen molar-refractivity contribution >= 4 is 42.7 Å². The van der Waals surface area contributed by atoms with Gasteiger partial charge in [-0.1, -0.05) is 124 Å². The van der Waals surface area contributed by atoms with Crippen LogP contribution in [0.2, 0.25) is 0 Å². The summed E-state index contributed by atoms with van der Waals surface area (Å²) in [6, 6.07) is 35.5. The Labute approximate surface area is 285 Å². The highest BCUT2D eigenvalue weighted by Crippen LogP contribution is 2.57. The zero-order chi connectivity index (χ0) is 34.0. The Hall–Kier alpha value is -3.66. The molecule has 4 aromatic carbocycles. The van der Waals surface area contributed by atoms with Crippen LogP contribution in [0.25, 0.3) is 16.9 Å². The Kier molecular flexibility index (Phi) is 12.4. The van der Waals surface area contributed by atoms with E-state index in [-0.39, 0.29) is 0 Å². The minimum Gasteiger partial charge on any atom is -0.425 e. The molecule has 2 atom stereocenters. The molecule has 0 fully saturated rings. The largest absolute Gasteiger partial charge is 0.425 e. The summed E-state index contributed by atoms with van der Waals surface area (Å²) in [5, 5.41) is 1.34. The third kappa shape index (κ3) is 7.80. The monoisotopic (exact) mass is 684 g/mol. The molecule has 0 amide bonds. The molecule has 2 unspecified atom stereocenters. The van der Waals surface area contributed by atoms with E-state index in [1.54, 1.807) is 0 Å². The fourth-order valence-electron chi connectivity index (χ4n) is 6.01. The summed E-state index contributed by atoms with van der Waals surface area (Å²) in [7, 11) is -6.67. The number of rotatable bonds is 12. The van der Waals surface area contributed by atoms with Gasteiger partial charge in [-0.3, -0.25) is 9.05 Å². The van der Waals surface area contributed by atoms with E-state index in [1.807, 2.05) is 111 Å². The molecule has 0 aliphatic carbocycles. The van der Waals surface area contributed by atoms with E-state index in [9.17, 15) is 9.13 Å². The normalized spacial score (nSPS) is 19.8. The first-order valence-electron chi connectivity index (χ1n) is 17.0. The van der Waals surface area contributed by atoms with Crippen molar-refractivity contribution in [3.63, 3.8) is 0 Å². The molecule has 0 saturated heterocycles. The second-order valence-electron chi connectivity index (χ2n) is 11.6. The quantitative estimate of drug-likeness (QED) is 0.138. The van der Waals surface area contributed by atoms with Gasteiger partial charge in [0, 0.05) is 28.7 Å². The average Bonchev–Trinajstić information content (AvgIpc) is 3.12. The van der Waals surface area contributed by atoms with Crippen LogP contribution in [0.5, 0.6) is 0 Å². The maximum Gasteiger partial charge on any atom is 0.411 e. The maximum atomic E-state index is 13.4. The van der Waals surface area contributed by atoms with Gasteiger partial charge in [-0.05, 0) is 56.4 Å². The van der Waals surface area contributed by atoms with E-state index in [4.69, 9.17) is 18.1 Å². The molecule has 48 heavy (non-hydrogen) atoms. The van der Waals surface area contributed by atoms with Crippen molar-refractivity contribution < 1.29 is 27.2 Å². The Morgan fingerprint density at radius 3 is 1.60 bits per heavy atom. The third-order valence-corrected chi connectivity index (χ3v) is 12.3. The van der Waals surface area contributed by atoms with E-state index in [1.165, 1.54) is 0 Å². The predicted molar refractivity (Wildman–Crippen MR) is 198 cm³/mol. The van der Waals surface area contributed by atoms with Crippen LogP contribution >= 0.6 is 15.2 Å². The van der Waals surface area contributed by atoms with Gasteiger partial charge in [0.2, 0.25) is 0 Å². The van der Waals surface area contributed by atoms with Crippen LogP contribution in [-0.2, 0) is 27.2 Å². The van der Waals surface area contributed by atoms with Gasteiger partial charge in [0.15, 0.2) is 0 Å². The predicted octanol–water partition coefficient (Wildman–Crippen LogP) is 11.2. The van der Waals surface area contributed by atoms with Crippen molar-refractivity contribution in [2.24, 2.45) is 0 Å². The number of benzene rings is 4. The first-order chi connectivity index (χ1) is 23.4. The molecule has 2 heterocycles. The highest BCUT2D eigenvalue weighted by Gasteiger charge is 2.40. The van der Waals surface area contributed by atoms with Crippen molar-refractivity contribution in [2.45, 2.75) is 66.2 Å². The van der Waals surface area contributed by atoms with Gasteiger partial charge < -0.3 is 9.05 Å². The van der Waals surface area contributed by atoms with Gasteiger partial charge in [-0.2, -0.15) is 0 Å². The molecule has 8 heteroatoms. The molecule has 6 rings (SSSR count). The lowest BCUT2D eigenvalue weighted by molar-refractivity contribution is 0.253. The van der Waals surface area contributed by atoms with Gasteiger partial charge in [-0.15, -0.1) is 0 Å². The zero-order valence-electron chi connectivity index (χ0n) is 28.4. The van der Waals surface area contributed by atoms with Crippen molar-refractivity contribution in [1.29, 1.82) is 0 Å². The molecule has 0 N–H and O–H groups in total. The second kappa shape index (κ2) is 16.6. The number of fused-ring (bicyclic) bond motifs is 2. The van der Waals surface area contributed by atoms with Crippen LogP contribution in [0.3, 0.4) is 0 Å². The van der Waals surface area contributed by atoms with Crippen molar-refractivity contribution in [1.82, 2.24) is 0 Å². The standard InChI is InChI=1S/2C20H23O3P/c1-3-5-14-18-20(16-11-7-6-8-12-16)17-13-9-10-15-19(17)24(21,23-18)22-4-2;1-3-5-13-18-17-14-9-10-15-19(17)24(21,22-4-2)23-20(18)16-11-7-6-8-12-16/h6-13,15H,3-5,14H2,1-2H3;6-12,14-15H,3-5,13H2,1-2H3. The number of unbranched alkanes of at least 4 members (excludes halogenated alkanes) is 2. The van der Waals surface area contributed by atoms with Crippen LogP contribution in [-0.4, -0.2) is 13.2 Å². The van der Waals surface area contributed by atoms with Crippen LogP contribution in [0.4, 0.5) is 0 Å². The fraction of sp³-hybridized carbons (Fsp3) is 0.300. The first kappa shape index (κ1) is 35.6. The minimum atomic E-state index is -3.35. The molecule has 6 nitrogen and oxygen atoms in total. The lowest BCUT2D eigenvalue weighted by atomic mass is 9.95. The van der Waals surface area contributed by atoms with Crippen LogP contribution in [0, 0.1) is 0 Å². The Balaban J connectivity index is 0.000000188. The molecular weight excluding hydrogens is 638 g/mol. The van der Waals surface area contributed by atoms with Crippen LogP contribution in [0.15, 0.2) is 115 Å². The molecule has 0 saturated carbocycles. The summed E-state index contributed by atoms with van der Waals surface area (Å²) in [6.45, 7) is 8.69. The summed E-state index contributed by atoms with van der Waals surface area (Å²) in [5.74, 6) is 1.47. The van der Waals surface area contributed by atoms with Gasteiger partial charge in [-0.25, -0.2) is 9.13 Å². The molecule has 2 aliphatic heterocycles. The van der Waals surface area contributed by atoms with Crippen LogP contribution in [0.1, 0.15) is 88.5 Å². The fourth-order valence-corrected chi connectivity index (χ4v) is 9.72.